The van der Waals surface area contributed by atoms with E-state index >= 15 is 4.39 Å². The number of aromatic hydroxyl groups is 1. The number of carbonyl (C=O) groups is 1. The minimum Gasteiger partial charge on any atom is -0.506 e. The van der Waals surface area contributed by atoms with Gasteiger partial charge in [-0.3, -0.25) is 4.79 Å². The summed E-state index contributed by atoms with van der Waals surface area (Å²) in [7, 11) is 1.79. The number of nitrogens with one attached hydrogen (secondary N) is 2. The quantitative estimate of drug-likeness (QED) is 0.471. The third-order valence-electron chi connectivity index (χ3n) is 5.08. The molecular formula is C21H25ClFN3O4. The van der Waals surface area contributed by atoms with Crippen molar-refractivity contribution in [2.75, 3.05) is 0 Å². The summed E-state index contributed by atoms with van der Waals surface area (Å²) < 4.78 is 16.9. The van der Waals surface area contributed by atoms with Crippen molar-refractivity contribution in [1.29, 1.82) is 0 Å². The SMILES string of the molecule is CCc1c(-c2ccc3c(c2)c(F)c(CNC(C)C)n3C)[nH]c(=O)c(C(=O)O)c1O.Cl. The number of benzene rings is 1. The van der Waals surface area contributed by atoms with Crippen LogP contribution in [0.1, 0.15) is 42.4 Å². The van der Waals surface area contributed by atoms with Crippen LogP contribution >= 0.6 is 12.4 Å². The van der Waals surface area contributed by atoms with Gasteiger partial charge in [-0.25, -0.2) is 9.18 Å². The van der Waals surface area contributed by atoms with Crippen LogP contribution in [0.25, 0.3) is 22.2 Å². The standard InChI is InChI=1S/C21H24FN3O4.ClH/c1-5-12-18(24-20(27)16(19(12)26)21(28)29)11-6-7-14-13(8-11)17(22)15(25(14)4)9-23-10(2)3;/h6-8,10,23H,5,9H2,1-4H3,(H,28,29)(H2,24,26,27);1H. The Kier molecular flexibility index (Phi) is 6.95. The van der Waals surface area contributed by atoms with Crippen molar-refractivity contribution in [3.63, 3.8) is 0 Å². The fraction of sp³-hybridized carbons (Fsp3) is 0.333. The minimum atomic E-state index is -1.50. The molecule has 7 nitrogen and oxygen atoms in total. The molecule has 0 bridgehead atoms. The number of aromatic nitrogens is 2. The van der Waals surface area contributed by atoms with Crippen LogP contribution in [-0.2, 0) is 20.0 Å². The van der Waals surface area contributed by atoms with Crippen molar-refractivity contribution in [1.82, 2.24) is 14.9 Å². The number of hydrogen-bond acceptors (Lipinski definition) is 4. The first-order valence-corrected chi connectivity index (χ1v) is 9.39. The van der Waals surface area contributed by atoms with Crippen molar-refractivity contribution >= 4 is 29.3 Å². The Balaban J connectivity index is 0.00000320. The number of fused-ring (bicyclic) bond motifs is 1. The van der Waals surface area contributed by atoms with Gasteiger partial charge in [-0.2, -0.15) is 0 Å². The zero-order valence-electron chi connectivity index (χ0n) is 17.2. The van der Waals surface area contributed by atoms with E-state index in [0.717, 1.165) is 0 Å². The minimum absolute atomic E-state index is 0. The number of hydrogen-bond donors (Lipinski definition) is 4. The van der Waals surface area contributed by atoms with Gasteiger partial charge < -0.3 is 25.1 Å². The van der Waals surface area contributed by atoms with Crippen LogP contribution in [0.4, 0.5) is 4.39 Å². The number of nitrogens with zero attached hydrogens (tertiary/aromatic N) is 1. The molecule has 3 aromatic rings. The van der Waals surface area contributed by atoms with Gasteiger partial charge in [0.1, 0.15) is 5.75 Å². The second-order valence-corrected chi connectivity index (χ2v) is 7.28. The number of H-pyrrole nitrogens is 1. The fourth-order valence-electron chi connectivity index (χ4n) is 3.52. The van der Waals surface area contributed by atoms with Crippen LogP contribution in [-0.4, -0.2) is 31.8 Å². The maximum atomic E-state index is 15.1. The fourth-order valence-corrected chi connectivity index (χ4v) is 3.52. The van der Waals surface area contributed by atoms with Gasteiger partial charge in [-0.15, -0.1) is 12.4 Å². The van der Waals surface area contributed by atoms with Gasteiger partial charge >= 0.3 is 5.97 Å². The van der Waals surface area contributed by atoms with Crippen LogP contribution in [0.15, 0.2) is 23.0 Å². The molecule has 0 aliphatic heterocycles. The lowest BCUT2D eigenvalue weighted by atomic mass is 9.99. The first-order chi connectivity index (χ1) is 13.7. The predicted molar refractivity (Wildman–Crippen MR) is 116 cm³/mol. The van der Waals surface area contributed by atoms with Crippen LogP contribution < -0.4 is 10.9 Å². The van der Waals surface area contributed by atoms with E-state index in [1.54, 1.807) is 36.7 Å². The van der Waals surface area contributed by atoms with Crippen LogP contribution in [0, 0.1) is 5.82 Å². The molecule has 0 fully saturated rings. The summed E-state index contributed by atoms with van der Waals surface area (Å²) in [5.41, 5.74) is 0.674. The second kappa shape index (κ2) is 8.89. The third kappa shape index (κ3) is 3.93. The molecule has 2 aromatic heterocycles. The van der Waals surface area contributed by atoms with Crippen LogP contribution in [0.3, 0.4) is 0 Å². The van der Waals surface area contributed by atoms with E-state index in [-0.39, 0.29) is 36.4 Å². The zero-order valence-corrected chi connectivity index (χ0v) is 18.0. The monoisotopic (exact) mass is 437 g/mol. The highest BCUT2D eigenvalue weighted by Crippen LogP contribution is 2.33. The van der Waals surface area contributed by atoms with Gasteiger partial charge in [0.2, 0.25) is 0 Å². The second-order valence-electron chi connectivity index (χ2n) is 7.28. The molecule has 0 atom stereocenters. The van der Waals surface area contributed by atoms with E-state index in [0.29, 0.717) is 34.3 Å². The van der Waals surface area contributed by atoms with E-state index in [4.69, 9.17) is 0 Å². The number of aromatic carboxylic acids is 1. The van der Waals surface area contributed by atoms with E-state index in [1.165, 1.54) is 0 Å². The molecule has 0 aliphatic carbocycles. The molecule has 1 aromatic carbocycles. The average molecular weight is 438 g/mol. The highest BCUT2D eigenvalue weighted by molar-refractivity contribution is 5.93. The van der Waals surface area contributed by atoms with E-state index in [1.807, 2.05) is 13.8 Å². The number of rotatable bonds is 6. The molecule has 4 N–H and O–H groups in total. The Morgan fingerprint density at radius 3 is 2.57 bits per heavy atom. The molecule has 0 saturated carbocycles. The molecule has 0 unspecified atom stereocenters. The molecular weight excluding hydrogens is 413 g/mol. The highest BCUT2D eigenvalue weighted by atomic mass is 35.5. The molecule has 3 rings (SSSR count). The summed E-state index contributed by atoms with van der Waals surface area (Å²) in [5, 5.41) is 23.1. The van der Waals surface area contributed by atoms with Gasteiger partial charge in [0.15, 0.2) is 11.4 Å². The lowest BCUT2D eigenvalue weighted by molar-refractivity contribution is 0.0691. The topological polar surface area (TPSA) is 107 Å². The molecule has 2 heterocycles. The highest BCUT2D eigenvalue weighted by Gasteiger charge is 2.23. The van der Waals surface area contributed by atoms with Crippen molar-refractivity contribution < 1.29 is 19.4 Å². The molecule has 30 heavy (non-hydrogen) atoms. The van der Waals surface area contributed by atoms with Crippen LogP contribution in [0.5, 0.6) is 5.75 Å². The predicted octanol–water partition coefficient (Wildman–Crippen LogP) is 3.56. The number of aryl methyl sites for hydroxylation is 1. The number of carboxylic acid groups (broad SMARTS) is 1. The van der Waals surface area contributed by atoms with Gasteiger partial charge in [0.05, 0.1) is 16.9 Å². The van der Waals surface area contributed by atoms with Gasteiger partial charge in [-0.05, 0) is 24.1 Å². The third-order valence-corrected chi connectivity index (χ3v) is 5.08. The van der Waals surface area contributed by atoms with Crippen molar-refractivity contribution in [3.8, 4) is 17.0 Å². The average Bonchev–Trinajstić information content (AvgIpc) is 2.89. The summed E-state index contributed by atoms with van der Waals surface area (Å²) in [6.45, 7) is 6.07. The van der Waals surface area contributed by atoms with Crippen molar-refractivity contribution in [3.05, 3.63) is 51.2 Å². The molecule has 0 amide bonds. The van der Waals surface area contributed by atoms with Gasteiger partial charge in [-0.1, -0.05) is 26.8 Å². The van der Waals surface area contributed by atoms with E-state index in [9.17, 15) is 19.8 Å². The van der Waals surface area contributed by atoms with E-state index < -0.39 is 22.8 Å². The van der Waals surface area contributed by atoms with Crippen molar-refractivity contribution in [2.45, 2.75) is 39.8 Å². The maximum Gasteiger partial charge on any atom is 0.345 e. The lowest BCUT2D eigenvalue weighted by Gasteiger charge is -2.12. The zero-order chi connectivity index (χ0) is 21.5. The number of halogens is 2. The Morgan fingerprint density at radius 1 is 1.33 bits per heavy atom. The lowest BCUT2D eigenvalue weighted by Crippen LogP contribution is -2.23. The van der Waals surface area contributed by atoms with Crippen molar-refractivity contribution in [2.24, 2.45) is 7.05 Å². The Morgan fingerprint density at radius 2 is 2.00 bits per heavy atom. The first kappa shape index (κ1) is 23.4. The summed E-state index contributed by atoms with van der Waals surface area (Å²) in [4.78, 5) is 26.0. The Hall–Kier alpha value is -2.84. The van der Waals surface area contributed by atoms with E-state index in [2.05, 4.69) is 10.3 Å². The number of aromatic amines is 1. The molecule has 162 valence electrons. The Bertz CT molecular complexity index is 1170. The Labute approximate surface area is 179 Å². The summed E-state index contributed by atoms with van der Waals surface area (Å²) in [5.74, 6) is -2.42. The van der Waals surface area contributed by atoms with Gasteiger partial charge in [0, 0.05) is 30.6 Å². The number of carboxylic acids is 1. The molecule has 9 heteroatoms. The summed E-state index contributed by atoms with van der Waals surface area (Å²) in [6, 6.07) is 5.27. The molecule has 0 saturated heterocycles. The maximum absolute atomic E-state index is 15.1. The summed E-state index contributed by atoms with van der Waals surface area (Å²) >= 11 is 0. The summed E-state index contributed by atoms with van der Waals surface area (Å²) in [6.07, 6.45) is 0.289. The number of pyridine rings is 1. The first-order valence-electron chi connectivity index (χ1n) is 9.39. The normalized spacial score (nSPS) is 11.1. The molecule has 0 spiro atoms. The smallest absolute Gasteiger partial charge is 0.345 e. The van der Waals surface area contributed by atoms with Gasteiger partial charge in [0.25, 0.3) is 5.56 Å². The molecule has 0 radical (unpaired) electrons. The largest absolute Gasteiger partial charge is 0.506 e. The molecule has 0 aliphatic rings. The van der Waals surface area contributed by atoms with Crippen LogP contribution in [0.2, 0.25) is 0 Å².